The van der Waals surface area contributed by atoms with E-state index in [1.807, 2.05) is 55.5 Å². The van der Waals surface area contributed by atoms with Crippen LogP contribution in [0, 0.1) is 13.8 Å². The fraction of sp³-hybridized carbons (Fsp3) is 0.194. The quantitative estimate of drug-likeness (QED) is 0.225. The third-order valence-corrected chi connectivity index (χ3v) is 7.36. The van der Waals surface area contributed by atoms with Crippen LogP contribution in [-0.4, -0.2) is 17.2 Å². The Balaban J connectivity index is 1.64. The minimum absolute atomic E-state index is 0.283. The molecule has 1 aromatic heterocycles. The highest BCUT2D eigenvalue weighted by atomic mass is 79.9. The maximum absolute atomic E-state index is 12.1. The van der Waals surface area contributed by atoms with Gasteiger partial charge in [-0.15, -0.1) is 0 Å². The summed E-state index contributed by atoms with van der Waals surface area (Å²) >= 11 is 3.71. The number of rotatable bonds is 7. The zero-order valence-corrected chi connectivity index (χ0v) is 22.1. The third kappa shape index (κ3) is 4.40. The van der Waals surface area contributed by atoms with Crippen molar-refractivity contribution in [2.45, 2.75) is 39.7 Å². The highest BCUT2D eigenvalue weighted by Crippen LogP contribution is 2.43. The fourth-order valence-electron chi connectivity index (χ4n) is 4.83. The van der Waals surface area contributed by atoms with Gasteiger partial charge in [-0.3, -0.25) is 0 Å². The molecular weight excluding hydrogens is 516 g/mol. The van der Waals surface area contributed by atoms with Crippen LogP contribution in [0.3, 0.4) is 0 Å². The molecule has 0 aliphatic rings. The predicted octanol–water partition coefficient (Wildman–Crippen LogP) is 8.27. The van der Waals surface area contributed by atoms with Crippen LogP contribution in [0.2, 0.25) is 0 Å². The largest absolute Gasteiger partial charge is 0.478 e. The van der Waals surface area contributed by atoms with Crippen LogP contribution in [0.4, 0.5) is 0 Å². The second-order valence-electron chi connectivity index (χ2n) is 9.06. The molecule has 5 rings (SSSR count). The molecule has 5 heteroatoms. The van der Waals surface area contributed by atoms with Crippen LogP contribution in [0.15, 0.2) is 81.7 Å². The van der Waals surface area contributed by atoms with Crippen molar-refractivity contribution in [1.29, 1.82) is 0 Å². The van der Waals surface area contributed by atoms with Crippen molar-refractivity contribution in [2.24, 2.45) is 0 Å². The Kier molecular flexibility index (Phi) is 6.59. The lowest BCUT2D eigenvalue weighted by Crippen LogP contribution is -2.30. The Bertz CT molecular complexity index is 1580. The summed E-state index contributed by atoms with van der Waals surface area (Å²) in [6.07, 6.45) is -0.0234. The number of fused-ring (bicyclic) bond motifs is 2. The SMILES string of the molecule is CCc1cc(-c2c3ccccc3cc3oc(C)c(C)c23)cc(Br)c1OC(Cc1ccccc1)C(=O)O. The molecule has 0 bridgehead atoms. The molecule has 0 spiro atoms. The molecule has 1 N–H and O–H groups in total. The van der Waals surface area contributed by atoms with Crippen molar-refractivity contribution in [3.63, 3.8) is 0 Å². The summed E-state index contributed by atoms with van der Waals surface area (Å²) in [5.41, 5.74) is 5.98. The first-order valence-corrected chi connectivity index (χ1v) is 12.8. The lowest BCUT2D eigenvalue weighted by molar-refractivity contribution is -0.145. The number of hydrogen-bond acceptors (Lipinski definition) is 3. The van der Waals surface area contributed by atoms with Gasteiger partial charge < -0.3 is 14.3 Å². The van der Waals surface area contributed by atoms with Gasteiger partial charge in [0.15, 0.2) is 6.10 Å². The standard InChI is InChI=1S/C31H27BrO4/c1-4-21-15-23(16-25(32)30(21)36-27(31(33)34)14-20-10-6-5-7-11-20)29-24-13-9-8-12-22(24)17-26-28(29)18(2)19(3)35-26/h5-13,15-17,27H,4,14H2,1-3H3,(H,33,34). The topological polar surface area (TPSA) is 59.7 Å². The van der Waals surface area contributed by atoms with Gasteiger partial charge in [-0.2, -0.15) is 0 Å². The van der Waals surface area contributed by atoms with Crippen LogP contribution in [0.5, 0.6) is 5.75 Å². The molecular formula is C31H27BrO4. The van der Waals surface area contributed by atoms with Crippen molar-refractivity contribution < 1.29 is 19.1 Å². The van der Waals surface area contributed by atoms with Crippen molar-refractivity contribution in [3.8, 4) is 16.9 Å². The van der Waals surface area contributed by atoms with Gasteiger partial charge >= 0.3 is 5.97 Å². The van der Waals surface area contributed by atoms with Crippen LogP contribution >= 0.6 is 15.9 Å². The van der Waals surface area contributed by atoms with Gasteiger partial charge in [0.05, 0.1) is 4.47 Å². The molecule has 4 aromatic carbocycles. The Morgan fingerprint density at radius 2 is 1.75 bits per heavy atom. The molecule has 0 radical (unpaired) electrons. The predicted molar refractivity (Wildman–Crippen MR) is 148 cm³/mol. The lowest BCUT2D eigenvalue weighted by Gasteiger charge is -2.20. The summed E-state index contributed by atoms with van der Waals surface area (Å²) in [5.74, 6) is 0.486. The van der Waals surface area contributed by atoms with E-state index < -0.39 is 12.1 Å². The highest BCUT2D eigenvalue weighted by Gasteiger charge is 2.24. The molecule has 1 atom stereocenters. The second-order valence-corrected chi connectivity index (χ2v) is 9.92. The van der Waals surface area contributed by atoms with E-state index in [1.165, 1.54) is 0 Å². The van der Waals surface area contributed by atoms with E-state index >= 15 is 0 Å². The van der Waals surface area contributed by atoms with E-state index in [0.29, 0.717) is 12.2 Å². The molecule has 1 heterocycles. The molecule has 0 saturated carbocycles. The zero-order chi connectivity index (χ0) is 25.4. The minimum Gasteiger partial charge on any atom is -0.478 e. The molecule has 1 unspecified atom stereocenters. The van der Waals surface area contributed by atoms with E-state index in [-0.39, 0.29) is 6.42 Å². The van der Waals surface area contributed by atoms with Crippen LogP contribution in [0.25, 0.3) is 32.9 Å². The molecule has 4 nitrogen and oxygen atoms in total. The summed E-state index contributed by atoms with van der Waals surface area (Å²) in [6.45, 7) is 6.14. The van der Waals surface area contributed by atoms with E-state index in [1.54, 1.807) is 0 Å². The normalized spacial score (nSPS) is 12.2. The Morgan fingerprint density at radius 3 is 2.47 bits per heavy atom. The monoisotopic (exact) mass is 542 g/mol. The van der Waals surface area contributed by atoms with Gasteiger partial charge in [0.2, 0.25) is 0 Å². The smallest absolute Gasteiger partial charge is 0.345 e. The molecule has 5 aromatic rings. The Morgan fingerprint density at radius 1 is 1.03 bits per heavy atom. The average Bonchev–Trinajstić information content (AvgIpc) is 3.16. The van der Waals surface area contributed by atoms with E-state index in [0.717, 1.165) is 59.8 Å². The van der Waals surface area contributed by atoms with Crippen molar-refractivity contribution in [3.05, 3.63) is 99.7 Å². The van der Waals surface area contributed by atoms with E-state index in [2.05, 4.69) is 54.0 Å². The average molecular weight is 543 g/mol. The number of furan rings is 1. The van der Waals surface area contributed by atoms with Crippen molar-refractivity contribution in [1.82, 2.24) is 0 Å². The summed E-state index contributed by atoms with van der Waals surface area (Å²) in [7, 11) is 0. The van der Waals surface area contributed by atoms with Crippen LogP contribution in [0.1, 0.15) is 29.4 Å². The molecule has 0 aliphatic heterocycles. The van der Waals surface area contributed by atoms with Crippen LogP contribution < -0.4 is 4.74 Å². The van der Waals surface area contributed by atoms with Crippen molar-refractivity contribution in [2.75, 3.05) is 0 Å². The number of benzene rings is 4. The molecule has 36 heavy (non-hydrogen) atoms. The number of ether oxygens (including phenoxy) is 1. The number of carboxylic acid groups (broad SMARTS) is 1. The number of carboxylic acids is 1. The number of carbonyl (C=O) groups is 1. The first-order valence-electron chi connectivity index (χ1n) is 12.0. The second kappa shape index (κ2) is 9.82. The van der Waals surface area contributed by atoms with Crippen LogP contribution in [-0.2, 0) is 17.6 Å². The molecule has 0 amide bonds. The number of halogens is 1. The van der Waals surface area contributed by atoms with Gasteiger partial charge in [0, 0.05) is 17.4 Å². The first kappa shape index (κ1) is 24.1. The lowest BCUT2D eigenvalue weighted by atomic mass is 9.91. The van der Waals surface area contributed by atoms with Gasteiger partial charge in [0.1, 0.15) is 17.1 Å². The molecule has 0 fully saturated rings. The van der Waals surface area contributed by atoms with Crippen molar-refractivity contribution >= 4 is 43.6 Å². The maximum atomic E-state index is 12.1. The van der Waals surface area contributed by atoms with Gasteiger partial charge in [0.25, 0.3) is 0 Å². The first-order chi connectivity index (χ1) is 17.4. The summed E-state index contributed by atoms with van der Waals surface area (Å²) < 4.78 is 13.0. The highest BCUT2D eigenvalue weighted by molar-refractivity contribution is 9.10. The number of aryl methyl sites for hydroxylation is 3. The van der Waals surface area contributed by atoms with Gasteiger partial charge in [-0.1, -0.05) is 61.5 Å². The number of aliphatic carboxylic acids is 1. The fourth-order valence-corrected chi connectivity index (χ4v) is 5.43. The van der Waals surface area contributed by atoms with Gasteiger partial charge in [-0.25, -0.2) is 4.79 Å². The van der Waals surface area contributed by atoms with Gasteiger partial charge in [-0.05, 0) is 87.4 Å². The summed E-state index contributed by atoms with van der Waals surface area (Å²) in [5, 5.41) is 13.3. The summed E-state index contributed by atoms with van der Waals surface area (Å²) in [4.78, 5) is 12.1. The molecule has 182 valence electrons. The zero-order valence-electron chi connectivity index (χ0n) is 20.5. The molecule has 0 saturated heterocycles. The molecule has 0 aliphatic carbocycles. The Hall–Kier alpha value is -3.57. The summed E-state index contributed by atoms with van der Waals surface area (Å²) in [6, 6.07) is 24.1. The maximum Gasteiger partial charge on any atom is 0.345 e. The number of hydrogen-bond donors (Lipinski definition) is 1. The van der Waals surface area contributed by atoms with E-state index in [9.17, 15) is 9.90 Å². The van der Waals surface area contributed by atoms with E-state index in [4.69, 9.17) is 9.15 Å². The minimum atomic E-state index is -0.997. The Labute approximate surface area is 218 Å². The third-order valence-electron chi connectivity index (χ3n) is 6.77.